The lowest BCUT2D eigenvalue weighted by atomic mass is 9.96. The van der Waals surface area contributed by atoms with Crippen LogP contribution in [0.4, 0.5) is 4.39 Å². The molecule has 0 aromatic heterocycles. The van der Waals surface area contributed by atoms with E-state index in [0.29, 0.717) is 18.4 Å². The highest BCUT2D eigenvalue weighted by molar-refractivity contribution is 6.30. The molecule has 0 unspecified atom stereocenters. The predicted molar refractivity (Wildman–Crippen MR) is 99.3 cm³/mol. The minimum absolute atomic E-state index is 0.169. The Morgan fingerprint density at radius 3 is 2.68 bits per heavy atom. The Hall–Kier alpha value is -0.720. The van der Waals surface area contributed by atoms with E-state index in [1.165, 1.54) is 19.0 Å². The average Bonchev–Trinajstić information content (AvgIpc) is 2.84. The smallest absolute Gasteiger partial charge is 0.142 e. The molecular formula is C19H29ClFN3O. The van der Waals surface area contributed by atoms with E-state index in [9.17, 15) is 9.50 Å². The molecule has 0 amide bonds. The molecule has 25 heavy (non-hydrogen) atoms. The number of nitrogens with zero attached hydrogens (tertiary/aromatic N) is 3. The van der Waals surface area contributed by atoms with Gasteiger partial charge in [-0.2, -0.15) is 0 Å². The minimum Gasteiger partial charge on any atom is -0.396 e. The van der Waals surface area contributed by atoms with E-state index in [0.717, 1.165) is 44.8 Å². The van der Waals surface area contributed by atoms with Crippen LogP contribution >= 0.6 is 11.6 Å². The van der Waals surface area contributed by atoms with Gasteiger partial charge in [-0.25, -0.2) is 4.39 Å². The summed E-state index contributed by atoms with van der Waals surface area (Å²) in [5.41, 5.74) is 0.940. The third-order valence-corrected chi connectivity index (χ3v) is 5.89. The number of rotatable bonds is 5. The van der Waals surface area contributed by atoms with Gasteiger partial charge in [-0.15, -0.1) is 0 Å². The molecule has 0 aliphatic carbocycles. The molecule has 2 saturated heterocycles. The first-order chi connectivity index (χ1) is 12.0. The molecule has 0 saturated carbocycles. The van der Waals surface area contributed by atoms with E-state index in [1.54, 1.807) is 6.07 Å². The van der Waals surface area contributed by atoms with Crippen LogP contribution in [0.5, 0.6) is 0 Å². The average molecular weight is 370 g/mol. The van der Waals surface area contributed by atoms with Gasteiger partial charge < -0.3 is 14.9 Å². The Balaban J connectivity index is 1.57. The number of hydrogen-bond donors (Lipinski definition) is 1. The second-order valence-electron chi connectivity index (χ2n) is 7.60. The van der Waals surface area contributed by atoms with Crippen molar-refractivity contribution in [3.63, 3.8) is 0 Å². The summed E-state index contributed by atoms with van der Waals surface area (Å²) in [5, 5.41) is 9.97. The predicted octanol–water partition coefficient (Wildman–Crippen LogP) is 2.16. The van der Waals surface area contributed by atoms with Gasteiger partial charge in [-0.1, -0.05) is 17.7 Å². The van der Waals surface area contributed by atoms with Crippen LogP contribution in [0, 0.1) is 17.7 Å². The van der Waals surface area contributed by atoms with Crippen LogP contribution in [-0.4, -0.2) is 79.3 Å². The lowest BCUT2D eigenvalue weighted by Crippen LogP contribution is -2.36. The minimum atomic E-state index is -0.359. The van der Waals surface area contributed by atoms with Gasteiger partial charge in [-0.3, -0.25) is 4.90 Å². The van der Waals surface area contributed by atoms with Crippen LogP contribution in [0.15, 0.2) is 18.2 Å². The third-order valence-electron chi connectivity index (χ3n) is 5.58. The molecular weight excluding hydrogens is 341 g/mol. The first-order valence-electron chi connectivity index (χ1n) is 9.23. The molecule has 140 valence electrons. The topological polar surface area (TPSA) is 30.0 Å². The molecule has 1 aromatic rings. The molecule has 4 nitrogen and oxygen atoms in total. The van der Waals surface area contributed by atoms with E-state index < -0.39 is 0 Å². The summed E-state index contributed by atoms with van der Waals surface area (Å²) in [6.45, 7) is 8.34. The van der Waals surface area contributed by atoms with Crippen LogP contribution in [-0.2, 0) is 6.54 Å². The Morgan fingerprint density at radius 2 is 1.92 bits per heavy atom. The number of halogens is 2. The second kappa shape index (κ2) is 8.78. The number of likely N-dealkylation sites (tertiary alicyclic amines) is 1. The molecule has 0 bridgehead atoms. The van der Waals surface area contributed by atoms with Gasteiger partial charge in [0.25, 0.3) is 0 Å². The Bertz CT molecular complexity index is 574. The fraction of sp³-hybridized carbons (Fsp3) is 0.684. The third kappa shape index (κ3) is 5.14. The van der Waals surface area contributed by atoms with E-state index in [4.69, 9.17) is 11.6 Å². The summed E-state index contributed by atoms with van der Waals surface area (Å²) in [7, 11) is 2.18. The van der Waals surface area contributed by atoms with Crippen LogP contribution in [0.25, 0.3) is 0 Å². The fourth-order valence-electron chi connectivity index (χ4n) is 4.09. The molecule has 2 fully saturated rings. The number of benzene rings is 1. The zero-order valence-electron chi connectivity index (χ0n) is 15.0. The number of aliphatic hydroxyl groups is 1. The molecule has 2 heterocycles. The van der Waals surface area contributed by atoms with Crippen molar-refractivity contribution in [3.05, 3.63) is 34.6 Å². The van der Waals surface area contributed by atoms with Gasteiger partial charge in [0.05, 0.1) is 5.02 Å². The standard InChI is InChI=1S/C19H29ClFN3O/c1-22-5-2-6-23(8-7-22)11-16-12-24(13-17(16)14-25)10-15-3-4-18(20)19(21)9-15/h3-4,9,16-17,25H,2,5-8,10-14H2,1H3/t16-,17-/m1/s1. The molecule has 1 N–H and O–H groups in total. The largest absolute Gasteiger partial charge is 0.396 e. The SMILES string of the molecule is CN1CCCN(C[C@@H]2CN(Cc3ccc(Cl)c(F)c3)C[C@@H]2CO)CC1. The van der Waals surface area contributed by atoms with Gasteiger partial charge in [-0.05, 0) is 56.1 Å². The second-order valence-corrected chi connectivity index (χ2v) is 8.01. The zero-order chi connectivity index (χ0) is 17.8. The summed E-state index contributed by atoms with van der Waals surface area (Å²) in [6, 6.07) is 5.03. The van der Waals surface area contributed by atoms with Gasteiger partial charge >= 0.3 is 0 Å². The summed E-state index contributed by atoms with van der Waals surface area (Å²) < 4.78 is 13.7. The number of likely N-dealkylation sites (N-methyl/N-ethyl adjacent to an activating group) is 1. The van der Waals surface area contributed by atoms with Gasteiger partial charge in [0, 0.05) is 45.9 Å². The monoisotopic (exact) mass is 369 g/mol. The maximum Gasteiger partial charge on any atom is 0.142 e. The van der Waals surface area contributed by atoms with Crippen molar-refractivity contribution in [2.24, 2.45) is 11.8 Å². The van der Waals surface area contributed by atoms with Crippen LogP contribution in [0.2, 0.25) is 5.02 Å². The van der Waals surface area contributed by atoms with E-state index in [1.807, 2.05) is 6.07 Å². The number of aliphatic hydroxyl groups excluding tert-OH is 1. The normalized spacial score (nSPS) is 26.9. The van der Waals surface area contributed by atoms with Crippen molar-refractivity contribution in [2.45, 2.75) is 13.0 Å². The first-order valence-corrected chi connectivity index (χ1v) is 9.61. The molecule has 6 heteroatoms. The van der Waals surface area contributed by atoms with Crippen molar-refractivity contribution in [2.75, 3.05) is 59.5 Å². The molecule has 0 radical (unpaired) electrons. The molecule has 2 aliphatic rings. The van der Waals surface area contributed by atoms with Crippen LogP contribution in [0.1, 0.15) is 12.0 Å². The van der Waals surface area contributed by atoms with Gasteiger partial charge in [0.2, 0.25) is 0 Å². The molecule has 3 rings (SSSR count). The van der Waals surface area contributed by atoms with Crippen molar-refractivity contribution >= 4 is 11.6 Å². The summed E-state index contributed by atoms with van der Waals surface area (Å²) in [6.07, 6.45) is 1.21. The highest BCUT2D eigenvalue weighted by Crippen LogP contribution is 2.26. The summed E-state index contributed by atoms with van der Waals surface area (Å²) >= 11 is 5.77. The molecule has 2 aliphatic heterocycles. The molecule has 1 aromatic carbocycles. The van der Waals surface area contributed by atoms with E-state index in [-0.39, 0.29) is 17.4 Å². The molecule has 0 spiro atoms. The number of hydrogen-bond acceptors (Lipinski definition) is 4. The Labute approximate surface area is 155 Å². The lowest BCUT2D eigenvalue weighted by molar-refractivity contribution is 0.165. The highest BCUT2D eigenvalue weighted by Gasteiger charge is 2.33. The quantitative estimate of drug-likeness (QED) is 0.861. The highest BCUT2D eigenvalue weighted by atomic mass is 35.5. The molecule has 2 atom stereocenters. The van der Waals surface area contributed by atoms with Crippen molar-refractivity contribution in [1.29, 1.82) is 0 Å². The Morgan fingerprint density at radius 1 is 1.12 bits per heavy atom. The maximum absolute atomic E-state index is 13.7. The first kappa shape index (κ1) is 19.1. The van der Waals surface area contributed by atoms with Gasteiger partial charge in [0.1, 0.15) is 5.82 Å². The van der Waals surface area contributed by atoms with Crippen molar-refractivity contribution in [1.82, 2.24) is 14.7 Å². The van der Waals surface area contributed by atoms with E-state index in [2.05, 4.69) is 21.7 Å². The van der Waals surface area contributed by atoms with Crippen molar-refractivity contribution < 1.29 is 9.50 Å². The van der Waals surface area contributed by atoms with E-state index >= 15 is 0 Å². The summed E-state index contributed by atoms with van der Waals surface area (Å²) in [4.78, 5) is 7.26. The van der Waals surface area contributed by atoms with Gasteiger partial charge in [0.15, 0.2) is 0 Å². The van der Waals surface area contributed by atoms with Crippen molar-refractivity contribution in [3.8, 4) is 0 Å². The summed E-state index contributed by atoms with van der Waals surface area (Å²) in [5.74, 6) is 0.422. The lowest BCUT2D eigenvalue weighted by Gasteiger charge is -2.26. The maximum atomic E-state index is 13.7. The Kier molecular flexibility index (Phi) is 6.69. The fourth-order valence-corrected chi connectivity index (χ4v) is 4.21. The van der Waals surface area contributed by atoms with Crippen LogP contribution < -0.4 is 0 Å². The zero-order valence-corrected chi connectivity index (χ0v) is 15.8. The van der Waals surface area contributed by atoms with Crippen LogP contribution in [0.3, 0.4) is 0 Å².